The van der Waals surface area contributed by atoms with E-state index in [9.17, 15) is 4.79 Å². The van der Waals surface area contributed by atoms with Crippen molar-refractivity contribution in [1.29, 1.82) is 0 Å². The van der Waals surface area contributed by atoms with Crippen LogP contribution < -0.4 is 20.5 Å². The number of carbonyl (C=O) groups excluding carboxylic acids is 1. The largest absolute Gasteiger partial charge is 0.495 e. The highest BCUT2D eigenvalue weighted by molar-refractivity contribution is 6.35. The zero-order chi connectivity index (χ0) is 38.9. The quantitative estimate of drug-likeness (QED) is 0.191. The second-order valence-electron chi connectivity index (χ2n) is 13.6. The summed E-state index contributed by atoms with van der Waals surface area (Å²) in [6.07, 6.45) is 6.59. The van der Waals surface area contributed by atoms with E-state index in [0.29, 0.717) is 22.7 Å². The monoisotopic (exact) mass is 770 g/mol. The molecule has 5 heterocycles. The molecule has 0 saturated carbocycles. The zero-order valence-corrected chi connectivity index (χ0v) is 32.5. The number of amides is 1. The van der Waals surface area contributed by atoms with Gasteiger partial charge in [0.2, 0.25) is 0 Å². The van der Waals surface area contributed by atoms with Crippen LogP contribution in [0.25, 0.3) is 22.2 Å². The molecule has 290 valence electrons. The summed E-state index contributed by atoms with van der Waals surface area (Å²) in [7, 11) is 4.96. The number of ether oxygens (including phenoxy) is 2. The Morgan fingerprint density at radius 1 is 0.800 bits per heavy atom. The molecule has 0 radical (unpaired) electrons. The van der Waals surface area contributed by atoms with Crippen molar-refractivity contribution in [3.63, 3.8) is 0 Å². The van der Waals surface area contributed by atoms with Crippen LogP contribution in [0.15, 0.2) is 67.3 Å². The molecule has 2 aliphatic rings. The van der Waals surface area contributed by atoms with Crippen molar-refractivity contribution >= 4 is 40.2 Å². The molecule has 15 heteroatoms. The molecule has 0 spiro atoms. The predicted octanol–water partition coefficient (Wildman–Crippen LogP) is 5.30. The molecule has 1 amide bonds. The summed E-state index contributed by atoms with van der Waals surface area (Å²) in [6, 6.07) is 12.2. The summed E-state index contributed by atoms with van der Waals surface area (Å²) in [5.74, 6) is 0.130. The van der Waals surface area contributed by atoms with Crippen molar-refractivity contribution in [2.24, 2.45) is 0 Å². The highest BCUT2D eigenvalue weighted by Gasteiger charge is 2.24. The lowest BCUT2D eigenvalue weighted by Crippen LogP contribution is -2.45. The molecular formula is C40H48ClFN10O3. The second-order valence-corrected chi connectivity index (χ2v) is 14.0. The van der Waals surface area contributed by atoms with Crippen LogP contribution in [0.4, 0.5) is 16.0 Å². The smallest absolute Gasteiger partial charge is 0.259 e. The van der Waals surface area contributed by atoms with Crippen molar-refractivity contribution < 1.29 is 18.7 Å². The lowest BCUT2D eigenvalue weighted by atomic mass is 9.99. The summed E-state index contributed by atoms with van der Waals surface area (Å²) in [5, 5.41) is 2.89. The molecule has 2 fully saturated rings. The number of piperazine rings is 2. The summed E-state index contributed by atoms with van der Waals surface area (Å²) in [5.41, 5.74) is 9.12. The number of methoxy groups -OCH3 is 2. The van der Waals surface area contributed by atoms with Crippen molar-refractivity contribution in [1.82, 2.24) is 39.5 Å². The highest BCUT2D eigenvalue weighted by atomic mass is 35.5. The summed E-state index contributed by atoms with van der Waals surface area (Å²) >= 11 is 6.51. The number of carbonyl (C=O) groups is 1. The van der Waals surface area contributed by atoms with E-state index in [1.807, 2.05) is 18.3 Å². The first-order valence-corrected chi connectivity index (χ1v) is 18.7. The number of hydrogen-bond acceptors (Lipinski definition) is 12. The van der Waals surface area contributed by atoms with E-state index < -0.39 is 11.7 Å². The van der Waals surface area contributed by atoms with Crippen molar-refractivity contribution in [2.75, 3.05) is 91.2 Å². The third-order valence-corrected chi connectivity index (χ3v) is 10.3. The van der Waals surface area contributed by atoms with Gasteiger partial charge < -0.3 is 30.3 Å². The molecule has 2 aliphatic heterocycles. The van der Waals surface area contributed by atoms with Gasteiger partial charge in [-0.05, 0) is 42.9 Å². The number of nitrogens with two attached hydrogens (primary N) is 1. The molecule has 3 aromatic heterocycles. The van der Waals surface area contributed by atoms with Gasteiger partial charge in [0.1, 0.15) is 22.9 Å². The maximum absolute atomic E-state index is 15.4. The lowest BCUT2D eigenvalue weighted by Gasteiger charge is -2.33. The van der Waals surface area contributed by atoms with Gasteiger partial charge in [0.05, 0.1) is 30.3 Å². The van der Waals surface area contributed by atoms with Crippen LogP contribution in [0, 0.1) is 5.82 Å². The second kappa shape index (κ2) is 18.6. The number of nitrogens with one attached hydrogen (secondary N) is 1. The molecule has 0 aliphatic carbocycles. The Hall–Kier alpha value is -4.99. The number of aromatic nitrogens is 4. The average Bonchev–Trinajstić information content (AvgIpc) is 3.21. The Bertz CT molecular complexity index is 2030. The molecule has 2 aromatic carbocycles. The molecule has 7 rings (SSSR count). The molecule has 3 N–H and O–H groups in total. The minimum atomic E-state index is -0.672. The van der Waals surface area contributed by atoms with Gasteiger partial charge in [-0.15, -0.1) is 0 Å². The molecule has 13 nitrogen and oxygen atoms in total. The first-order chi connectivity index (χ1) is 26.7. The summed E-state index contributed by atoms with van der Waals surface area (Å²) in [4.78, 5) is 40.3. The topological polar surface area (TPSA) is 138 Å². The lowest BCUT2D eigenvalue weighted by molar-refractivity contribution is 0.102. The van der Waals surface area contributed by atoms with E-state index in [4.69, 9.17) is 26.8 Å². The van der Waals surface area contributed by atoms with Crippen molar-refractivity contribution in [2.45, 2.75) is 20.0 Å². The first kappa shape index (κ1) is 39.7. The van der Waals surface area contributed by atoms with Gasteiger partial charge in [0.25, 0.3) is 5.91 Å². The molecule has 0 unspecified atom stereocenters. The standard InChI is InChI=1S/C29H30ClFN6O3.C11H18N4/c1-4-36-11-13-37(14-12-36)17-18-5-8-23(34-16-18)35-29(38)20-7-6-19(27-28(20)33-10-9-32-27)24-25(30)21(39-2)15-22(40-3)26(24)31;1-14-4-6-15(7-5-14)9-10-2-3-11(12)13-8-10/h5-10,15-16H,4,11-14,17H2,1-3H3,(H,34,35,38);2-3,8H,4-7,9H2,1H3,(H2,12,13). The van der Waals surface area contributed by atoms with Crippen LogP contribution in [-0.2, 0) is 13.1 Å². The number of likely N-dealkylation sites (N-methyl/N-ethyl adjacent to an activating group) is 2. The van der Waals surface area contributed by atoms with Crippen LogP contribution in [0.5, 0.6) is 11.5 Å². The Labute approximate surface area is 326 Å². The number of halogens is 2. The van der Waals surface area contributed by atoms with Crippen LogP contribution in [0.1, 0.15) is 28.4 Å². The highest BCUT2D eigenvalue weighted by Crippen LogP contribution is 2.44. The van der Waals surface area contributed by atoms with Crippen LogP contribution >= 0.6 is 11.6 Å². The molecule has 0 atom stereocenters. The third-order valence-electron chi connectivity index (χ3n) is 9.95. The maximum atomic E-state index is 15.4. The molecule has 5 aromatic rings. The average molecular weight is 771 g/mol. The molecule has 2 saturated heterocycles. The number of fused-ring (bicyclic) bond motifs is 1. The van der Waals surface area contributed by atoms with Gasteiger partial charge in [-0.25, -0.2) is 14.4 Å². The van der Waals surface area contributed by atoms with Gasteiger partial charge in [-0.1, -0.05) is 36.7 Å². The van der Waals surface area contributed by atoms with E-state index in [1.165, 1.54) is 38.2 Å². The normalized spacial score (nSPS) is 15.7. The maximum Gasteiger partial charge on any atom is 0.259 e. The van der Waals surface area contributed by atoms with E-state index in [-0.39, 0.29) is 33.2 Å². The Kier molecular flexibility index (Phi) is 13.4. The third kappa shape index (κ3) is 9.82. The van der Waals surface area contributed by atoms with Gasteiger partial charge in [-0.3, -0.25) is 24.6 Å². The Balaban J connectivity index is 0.000000286. The van der Waals surface area contributed by atoms with E-state index in [0.717, 1.165) is 77.6 Å². The number of benzene rings is 2. The SMILES string of the molecule is CCN1CCN(Cc2ccc(NC(=O)c3ccc(-c4c(F)c(OC)cc(OC)c4Cl)c4nccnc34)nc2)CC1.CN1CCN(Cc2ccc(N)nc2)CC1. The summed E-state index contributed by atoms with van der Waals surface area (Å²) in [6.45, 7) is 13.8. The Morgan fingerprint density at radius 2 is 1.40 bits per heavy atom. The zero-order valence-electron chi connectivity index (χ0n) is 31.8. The summed E-state index contributed by atoms with van der Waals surface area (Å²) < 4.78 is 25.9. The number of anilines is 2. The van der Waals surface area contributed by atoms with E-state index >= 15 is 4.39 Å². The number of pyridine rings is 2. The van der Waals surface area contributed by atoms with Crippen LogP contribution in [-0.4, -0.2) is 126 Å². The van der Waals surface area contributed by atoms with Crippen LogP contribution in [0.2, 0.25) is 5.02 Å². The van der Waals surface area contributed by atoms with Gasteiger partial charge in [0, 0.05) is 107 Å². The minimum absolute atomic E-state index is 0.0344. The molecule has 0 bridgehead atoms. The number of nitrogens with zero attached hydrogens (tertiary/aromatic N) is 8. The predicted molar refractivity (Wildman–Crippen MR) is 214 cm³/mol. The van der Waals surface area contributed by atoms with Gasteiger partial charge in [-0.2, -0.15) is 0 Å². The van der Waals surface area contributed by atoms with Gasteiger partial charge >= 0.3 is 0 Å². The molecule has 55 heavy (non-hydrogen) atoms. The fraction of sp³-hybridized carbons (Fsp3) is 0.375. The minimum Gasteiger partial charge on any atom is -0.495 e. The van der Waals surface area contributed by atoms with E-state index in [2.05, 4.69) is 64.9 Å². The van der Waals surface area contributed by atoms with Crippen molar-refractivity contribution in [3.8, 4) is 22.6 Å². The Morgan fingerprint density at radius 3 is 1.98 bits per heavy atom. The number of nitrogen functional groups attached to an aromatic ring is 1. The number of rotatable bonds is 10. The molecular weight excluding hydrogens is 723 g/mol. The fourth-order valence-electron chi connectivity index (χ4n) is 6.65. The fourth-order valence-corrected chi connectivity index (χ4v) is 6.97. The van der Waals surface area contributed by atoms with Crippen molar-refractivity contribution in [3.05, 3.63) is 94.8 Å². The first-order valence-electron chi connectivity index (χ1n) is 18.3. The van der Waals surface area contributed by atoms with E-state index in [1.54, 1.807) is 24.4 Å². The van der Waals surface area contributed by atoms with Crippen LogP contribution in [0.3, 0.4) is 0 Å². The van der Waals surface area contributed by atoms with Gasteiger partial charge in [0.15, 0.2) is 11.6 Å². The number of hydrogen-bond donors (Lipinski definition) is 2.